The van der Waals surface area contributed by atoms with E-state index < -0.39 is 0 Å². The molecular formula is C20H33N3O3. The van der Waals surface area contributed by atoms with E-state index in [1.54, 1.807) is 7.11 Å². The number of hydrogen-bond donors (Lipinski definition) is 2. The first kappa shape index (κ1) is 20.7. The summed E-state index contributed by atoms with van der Waals surface area (Å²) in [5.41, 5.74) is 2.35. The summed E-state index contributed by atoms with van der Waals surface area (Å²) in [5, 5.41) is 6.64. The standard InChI is InChI=1S/C20H33N3O3/c1-3-21-20(22-10-6-11-25-16-19-9-5-12-26-19)23-14-17-7-4-8-18(13-17)15-24-2/h4,7-8,13,19H,3,5-6,9-12,14-16H2,1-2H3,(H2,21,22,23). The predicted molar refractivity (Wildman–Crippen MR) is 104 cm³/mol. The van der Waals surface area contributed by atoms with Gasteiger partial charge in [0.25, 0.3) is 0 Å². The van der Waals surface area contributed by atoms with Crippen LogP contribution in [0, 0.1) is 0 Å². The zero-order chi connectivity index (χ0) is 18.5. The molecule has 0 aliphatic carbocycles. The molecule has 0 spiro atoms. The predicted octanol–water partition coefficient (Wildman–Crippen LogP) is 2.47. The van der Waals surface area contributed by atoms with Crippen LogP contribution < -0.4 is 10.6 Å². The summed E-state index contributed by atoms with van der Waals surface area (Å²) in [4.78, 5) is 4.66. The van der Waals surface area contributed by atoms with E-state index in [1.807, 2.05) is 6.07 Å². The Balaban J connectivity index is 1.67. The Morgan fingerprint density at radius 1 is 1.31 bits per heavy atom. The van der Waals surface area contributed by atoms with Crippen molar-refractivity contribution in [3.63, 3.8) is 0 Å². The van der Waals surface area contributed by atoms with Gasteiger partial charge < -0.3 is 24.8 Å². The van der Waals surface area contributed by atoms with Crippen LogP contribution in [0.1, 0.15) is 37.3 Å². The minimum absolute atomic E-state index is 0.302. The normalized spacial score (nSPS) is 17.5. The number of nitrogens with zero attached hydrogens (tertiary/aromatic N) is 1. The van der Waals surface area contributed by atoms with Gasteiger partial charge in [-0.3, -0.25) is 0 Å². The van der Waals surface area contributed by atoms with Crippen molar-refractivity contribution >= 4 is 5.96 Å². The number of aliphatic imine (C=N–C) groups is 1. The van der Waals surface area contributed by atoms with Crippen molar-refractivity contribution in [1.29, 1.82) is 0 Å². The highest BCUT2D eigenvalue weighted by Gasteiger charge is 2.14. The number of hydrogen-bond acceptors (Lipinski definition) is 4. The average Bonchev–Trinajstić information content (AvgIpc) is 3.16. The second-order valence-corrected chi connectivity index (χ2v) is 6.44. The minimum atomic E-state index is 0.302. The molecular weight excluding hydrogens is 330 g/mol. The highest BCUT2D eigenvalue weighted by Crippen LogP contribution is 2.11. The lowest BCUT2D eigenvalue weighted by Gasteiger charge is -2.13. The van der Waals surface area contributed by atoms with Gasteiger partial charge in [-0.25, -0.2) is 4.99 Å². The van der Waals surface area contributed by atoms with Crippen molar-refractivity contribution in [2.45, 2.75) is 45.4 Å². The van der Waals surface area contributed by atoms with Gasteiger partial charge in [-0.05, 0) is 37.3 Å². The third-order valence-electron chi connectivity index (χ3n) is 4.15. The summed E-state index contributed by atoms with van der Waals surface area (Å²) < 4.78 is 16.4. The van der Waals surface area contributed by atoms with E-state index in [2.05, 4.69) is 40.7 Å². The first-order chi connectivity index (χ1) is 12.8. The molecule has 1 heterocycles. The summed E-state index contributed by atoms with van der Waals surface area (Å²) in [5.74, 6) is 0.837. The molecule has 146 valence electrons. The molecule has 0 radical (unpaired) electrons. The van der Waals surface area contributed by atoms with Crippen LogP contribution >= 0.6 is 0 Å². The van der Waals surface area contributed by atoms with Crippen LogP contribution in [0.25, 0.3) is 0 Å². The molecule has 1 aliphatic heterocycles. The second-order valence-electron chi connectivity index (χ2n) is 6.44. The number of methoxy groups -OCH3 is 1. The summed E-state index contributed by atoms with van der Waals surface area (Å²) >= 11 is 0. The van der Waals surface area contributed by atoms with Crippen molar-refractivity contribution in [3.8, 4) is 0 Å². The summed E-state index contributed by atoms with van der Waals surface area (Å²) in [7, 11) is 1.71. The number of guanidine groups is 1. The lowest BCUT2D eigenvalue weighted by atomic mass is 10.1. The van der Waals surface area contributed by atoms with Crippen molar-refractivity contribution in [1.82, 2.24) is 10.6 Å². The molecule has 1 aromatic rings. The Kier molecular flexibility index (Phi) is 10.1. The largest absolute Gasteiger partial charge is 0.380 e. The Hall–Kier alpha value is -1.63. The molecule has 1 saturated heterocycles. The molecule has 6 nitrogen and oxygen atoms in total. The number of rotatable bonds is 11. The van der Waals surface area contributed by atoms with Crippen LogP contribution in [0.4, 0.5) is 0 Å². The van der Waals surface area contributed by atoms with Gasteiger partial charge in [-0.2, -0.15) is 0 Å². The first-order valence-electron chi connectivity index (χ1n) is 9.60. The first-order valence-corrected chi connectivity index (χ1v) is 9.60. The van der Waals surface area contributed by atoms with Crippen LogP contribution in [-0.4, -0.2) is 52.1 Å². The maximum Gasteiger partial charge on any atom is 0.191 e. The number of benzene rings is 1. The molecule has 26 heavy (non-hydrogen) atoms. The lowest BCUT2D eigenvalue weighted by molar-refractivity contribution is 0.0168. The van der Waals surface area contributed by atoms with Crippen molar-refractivity contribution in [2.24, 2.45) is 4.99 Å². The lowest BCUT2D eigenvalue weighted by Crippen LogP contribution is -2.38. The molecule has 1 aromatic carbocycles. The van der Waals surface area contributed by atoms with E-state index >= 15 is 0 Å². The Bertz CT molecular complexity index is 531. The topological polar surface area (TPSA) is 64.1 Å². The molecule has 1 aliphatic rings. The maximum absolute atomic E-state index is 5.69. The molecule has 1 fully saturated rings. The quantitative estimate of drug-likeness (QED) is 0.359. The molecule has 6 heteroatoms. The zero-order valence-electron chi connectivity index (χ0n) is 16.1. The van der Waals surface area contributed by atoms with E-state index in [-0.39, 0.29) is 0 Å². The van der Waals surface area contributed by atoms with E-state index in [9.17, 15) is 0 Å². The van der Waals surface area contributed by atoms with Gasteiger partial charge in [-0.15, -0.1) is 0 Å². The monoisotopic (exact) mass is 363 g/mol. The molecule has 0 amide bonds. The molecule has 2 rings (SSSR count). The maximum atomic E-state index is 5.69. The highest BCUT2D eigenvalue weighted by atomic mass is 16.5. The molecule has 0 aromatic heterocycles. The van der Waals surface area contributed by atoms with Crippen LogP contribution in [-0.2, 0) is 27.4 Å². The second kappa shape index (κ2) is 12.7. The SMILES string of the molecule is CCNC(=NCc1cccc(COC)c1)NCCCOCC1CCCO1. The van der Waals surface area contributed by atoms with Gasteiger partial charge >= 0.3 is 0 Å². The van der Waals surface area contributed by atoms with Gasteiger partial charge in [0, 0.05) is 33.4 Å². The van der Waals surface area contributed by atoms with Gasteiger partial charge in [0.1, 0.15) is 0 Å². The third kappa shape index (κ3) is 8.17. The zero-order valence-corrected chi connectivity index (χ0v) is 16.1. The van der Waals surface area contributed by atoms with Crippen molar-refractivity contribution < 1.29 is 14.2 Å². The van der Waals surface area contributed by atoms with Gasteiger partial charge in [0.05, 0.1) is 25.9 Å². The van der Waals surface area contributed by atoms with E-state index in [0.717, 1.165) is 51.5 Å². The Morgan fingerprint density at radius 3 is 2.96 bits per heavy atom. The van der Waals surface area contributed by atoms with Crippen LogP contribution in [0.3, 0.4) is 0 Å². The van der Waals surface area contributed by atoms with Crippen molar-refractivity contribution in [3.05, 3.63) is 35.4 Å². The Morgan fingerprint density at radius 2 is 2.19 bits per heavy atom. The van der Waals surface area contributed by atoms with E-state index in [4.69, 9.17) is 14.2 Å². The smallest absolute Gasteiger partial charge is 0.191 e. The summed E-state index contributed by atoms with van der Waals surface area (Å²) in [6.07, 6.45) is 3.53. The van der Waals surface area contributed by atoms with Crippen LogP contribution in [0.2, 0.25) is 0 Å². The van der Waals surface area contributed by atoms with Crippen LogP contribution in [0.15, 0.2) is 29.3 Å². The number of nitrogens with one attached hydrogen (secondary N) is 2. The fourth-order valence-electron chi connectivity index (χ4n) is 2.87. The molecule has 0 bridgehead atoms. The van der Waals surface area contributed by atoms with E-state index in [0.29, 0.717) is 25.9 Å². The fraction of sp³-hybridized carbons (Fsp3) is 0.650. The molecule has 2 N–H and O–H groups in total. The number of ether oxygens (including phenoxy) is 3. The highest BCUT2D eigenvalue weighted by molar-refractivity contribution is 5.79. The summed E-state index contributed by atoms with van der Waals surface area (Å²) in [6.45, 7) is 7.35. The van der Waals surface area contributed by atoms with Crippen molar-refractivity contribution in [2.75, 3.05) is 40.0 Å². The molecule has 0 saturated carbocycles. The minimum Gasteiger partial charge on any atom is -0.380 e. The van der Waals surface area contributed by atoms with E-state index in [1.165, 1.54) is 11.1 Å². The van der Waals surface area contributed by atoms with Gasteiger partial charge in [0.2, 0.25) is 0 Å². The summed E-state index contributed by atoms with van der Waals surface area (Å²) in [6, 6.07) is 8.34. The fourth-order valence-corrected chi connectivity index (χ4v) is 2.87. The van der Waals surface area contributed by atoms with Gasteiger partial charge in [-0.1, -0.05) is 24.3 Å². The third-order valence-corrected chi connectivity index (χ3v) is 4.15. The Labute approximate surface area is 157 Å². The van der Waals surface area contributed by atoms with Gasteiger partial charge in [0.15, 0.2) is 5.96 Å². The average molecular weight is 364 g/mol. The molecule has 1 unspecified atom stereocenters. The molecule has 1 atom stereocenters. The van der Waals surface area contributed by atoms with Crippen LogP contribution in [0.5, 0.6) is 0 Å².